The lowest BCUT2D eigenvalue weighted by atomic mass is 10.1. The molecule has 0 aliphatic rings. The van der Waals surface area contributed by atoms with E-state index in [4.69, 9.17) is 4.74 Å². The summed E-state index contributed by atoms with van der Waals surface area (Å²) < 4.78 is 5.14. The summed E-state index contributed by atoms with van der Waals surface area (Å²) in [6.45, 7) is 5.94. The second-order valence-electron chi connectivity index (χ2n) is 3.10. The third-order valence-corrected chi connectivity index (χ3v) is 2.01. The van der Waals surface area contributed by atoms with Crippen LogP contribution in [0.1, 0.15) is 45.4 Å². The molecule has 0 saturated heterocycles. The van der Waals surface area contributed by atoms with Crippen LogP contribution in [0.3, 0.4) is 0 Å². The molecule has 0 N–H and O–H groups in total. The van der Waals surface area contributed by atoms with Crippen LogP contribution >= 0.6 is 0 Å². The molecule has 0 aromatic rings. The van der Waals surface area contributed by atoms with Crippen LogP contribution in [0, 0.1) is 6.92 Å². The first-order valence-electron chi connectivity index (χ1n) is 4.63. The van der Waals surface area contributed by atoms with Crippen molar-refractivity contribution in [3.8, 4) is 0 Å². The molecule has 1 heteroatoms. The third kappa shape index (κ3) is 7.86. The Hall–Kier alpha value is -0.0400. The zero-order valence-corrected chi connectivity index (χ0v) is 7.94. The summed E-state index contributed by atoms with van der Waals surface area (Å²) in [6.07, 6.45) is 7.97. The Morgan fingerprint density at radius 2 is 1.82 bits per heavy atom. The van der Waals surface area contributed by atoms with E-state index in [0.717, 1.165) is 6.42 Å². The Kier molecular flexibility index (Phi) is 8.03. The van der Waals surface area contributed by atoms with Crippen molar-refractivity contribution in [3.05, 3.63) is 6.92 Å². The molecule has 0 aliphatic heterocycles. The van der Waals surface area contributed by atoms with Crippen molar-refractivity contribution in [3.63, 3.8) is 0 Å². The minimum atomic E-state index is 0.440. The molecule has 0 amide bonds. The molecule has 1 nitrogen and oxygen atoms in total. The fraction of sp³-hybridized carbons (Fsp3) is 0.900. The summed E-state index contributed by atoms with van der Waals surface area (Å²) in [4.78, 5) is 0. The average Bonchev–Trinajstić information content (AvgIpc) is 2.04. The monoisotopic (exact) mass is 157 g/mol. The highest BCUT2D eigenvalue weighted by molar-refractivity contribution is 4.51. The molecule has 67 valence electrons. The maximum absolute atomic E-state index is 5.14. The first-order valence-corrected chi connectivity index (χ1v) is 4.63. The molecule has 0 rings (SSSR count). The normalized spacial score (nSPS) is 13.4. The molecule has 11 heavy (non-hydrogen) atoms. The molecule has 0 aromatic heterocycles. The van der Waals surface area contributed by atoms with Crippen molar-refractivity contribution in [2.75, 3.05) is 7.11 Å². The number of unbranched alkanes of at least 4 members (excludes halogenated alkanes) is 4. The van der Waals surface area contributed by atoms with Gasteiger partial charge >= 0.3 is 0 Å². The zero-order chi connectivity index (χ0) is 8.53. The van der Waals surface area contributed by atoms with E-state index in [9.17, 15) is 0 Å². The molecule has 0 aromatic carbocycles. The summed E-state index contributed by atoms with van der Waals surface area (Å²) in [7, 11) is 1.78. The smallest absolute Gasteiger partial charge is 0.0543 e. The van der Waals surface area contributed by atoms with Crippen LogP contribution in [0.4, 0.5) is 0 Å². The van der Waals surface area contributed by atoms with Gasteiger partial charge in [0.25, 0.3) is 0 Å². The number of methoxy groups -OCH3 is 1. The Balaban J connectivity index is 2.89. The van der Waals surface area contributed by atoms with Gasteiger partial charge in [-0.05, 0) is 13.3 Å². The largest absolute Gasteiger partial charge is 0.382 e. The molecular weight excluding hydrogens is 136 g/mol. The van der Waals surface area contributed by atoms with Gasteiger partial charge in [-0.3, -0.25) is 0 Å². The lowest BCUT2D eigenvalue weighted by Crippen LogP contribution is -2.03. The van der Waals surface area contributed by atoms with Gasteiger partial charge < -0.3 is 4.74 Å². The Morgan fingerprint density at radius 3 is 2.36 bits per heavy atom. The van der Waals surface area contributed by atoms with Crippen LogP contribution in [0.15, 0.2) is 0 Å². The minimum Gasteiger partial charge on any atom is -0.382 e. The van der Waals surface area contributed by atoms with E-state index in [1.165, 1.54) is 32.1 Å². The maximum atomic E-state index is 5.14. The van der Waals surface area contributed by atoms with Crippen LogP contribution in [-0.2, 0) is 4.74 Å². The standard InChI is InChI=1S/C10H21O/c1-4-5-6-7-8-9-10(2)11-3/h10H,1,4-9H2,2-3H3. The van der Waals surface area contributed by atoms with Crippen molar-refractivity contribution in [2.45, 2.75) is 51.6 Å². The maximum Gasteiger partial charge on any atom is 0.0543 e. The third-order valence-electron chi connectivity index (χ3n) is 2.01. The molecule has 0 bridgehead atoms. The molecule has 1 unspecified atom stereocenters. The Labute approximate surface area is 71.1 Å². The first-order chi connectivity index (χ1) is 5.31. The molecular formula is C10H21O. The SMILES string of the molecule is [CH2]CCCCCCC(C)OC. The van der Waals surface area contributed by atoms with E-state index in [0.29, 0.717) is 6.10 Å². The van der Waals surface area contributed by atoms with Gasteiger partial charge in [0.2, 0.25) is 0 Å². The van der Waals surface area contributed by atoms with E-state index in [2.05, 4.69) is 13.8 Å². The second-order valence-corrected chi connectivity index (χ2v) is 3.10. The van der Waals surface area contributed by atoms with Crippen LogP contribution in [0.25, 0.3) is 0 Å². The van der Waals surface area contributed by atoms with Crippen LogP contribution in [-0.4, -0.2) is 13.2 Å². The van der Waals surface area contributed by atoms with E-state index in [1.54, 1.807) is 7.11 Å². The highest BCUT2D eigenvalue weighted by Crippen LogP contribution is 2.07. The van der Waals surface area contributed by atoms with Gasteiger partial charge in [-0.15, -0.1) is 0 Å². The summed E-state index contributed by atoms with van der Waals surface area (Å²) in [5.41, 5.74) is 0. The molecule has 0 aliphatic carbocycles. The van der Waals surface area contributed by atoms with Crippen molar-refractivity contribution < 1.29 is 4.74 Å². The van der Waals surface area contributed by atoms with E-state index < -0.39 is 0 Å². The quantitative estimate of drug-likeness (QED) is 0.516. The van der Waals surface area contributed by atoms with Crippen molar-refractivity contribution in [1.82, 2.24) is 0 Å². The lowest BCUT2D eigenvalue weighted by Gasteiger charge is -2.07. The van der Waals surface area contributed by atoms with Gasteiger partial charge in [0.05, 0.1) is 6.10 Å². The summed E-state index contributed by atoms with van der Waals surface area (Å²) in [6, 6.07) is 0. The highest BCUT2D eigenvalue weighted by atomic mass is 16.5. The minimum absolute atomic E-state index is 0.440. The zero-order valence-electron chi connectivity index (χ0n) is 7.94. The Bertz CT molecular complexity index is 71.3. The number of rotatable bonds is 7. The van der Waals surface area contributed by atoms with Gasteiger partial charge in [-0.25, -0.2) is 0 Å². The predicted octanol–water partition coefficient (Wildman–Crippen LogP) is 3.20. The van der Waals surface area contributed by atoms with Crippen LogP contribution in [0.5, 0.6) is 0 Å². The first kappa shape index (κ1) is 11.0. The summed E-state index contributed by atoms with van der Waals surface area (Å²) in [5, 5.41) is 0. The van der Waals surface area contributed by atoms with Crippen LogP contribution in [0.2, 0.25) is 0 Å². The van der Waals surface area contributed by atoms with E-state index >= 15 is 0 Å². The molecule has 0 fully saturated rings. The van der Waals surface area contributed by atoms with Gasteiger partial charge in [0.15, 0.2) is 0 Å². The average molecular weight is 157 g/mol. The van der Waals surface area contributed by atoms with Gasteiger partial charge in [0, 0.05) is 7.11 Å². The molecule has 1 atom stereocenters. The van der Waals surface area contributed by atoms with Crippen molar-refractivity contribution in [2.24, 2.45) is 0 Å². The van der Waals surface area contributed by atoms with Crippen molar-refractivity contribution >= 4 is 0 Å². The number of hydrogen-bond donors (Lipinski definition) is 0. The van der Waals surface area contributed by atoms with Gasteiger partial charge in [-0.1, -0.05) is 39.0 Å². The lowest BCUT2D eigenvalue weighted by molar-refractivity contribution is 0.108. The fourth-order valence-corrected chi connectivity index (χ4v) is 1.08. The summed E-state index contributed by atoms with van der Waals surface area (Å²) >= 11 is 0. The van der Waals surface area contributed by atoms with Gasteiger partial charge in [-0.2, -0.15) is 0 Å². The molecule has 0 spiro atoms. The topological polar surface area (TPSA) is 9.23 Å². The predicted molar refractivity (Wildman–Crippen MR) is 49.5 cm³/mol. The van der Waals surface area contributed by atoms with E-state index in [-0.39, 0.29) is 0 Å². The van der Waals surface area contributed by atoms with Crippen molar-refractivity contribution in [1.29, 1.82) is 0 Å². The number of ether oxygens (including phenoxy) is 1. The molecule has 0 saturated carbocycles. The Morgan fingerprint density at radius 1 is 1.18 bits per heavy atom. The molecule has 0 heterocycles. The van der Waals surface area contributed by atoms with Gasteiger partial charge in [0.1, 0.15) is 0 Å². The number of hydrogen-bond acceptors (Lipinski definition) is 1. The summed E-state index contributed by atoms with van der Waals surface area (Å²) in [5.74, 6) is 0. The van der Waals surface area contributed by atoms with Crippen LogP contribution < -0.4 is 0 Å². The second kappa shape index (κ2) is 8.06. The molecule has 1 radical (unpaired) electrons. The highest BCUT2D eigenvalue weighted by Gasteiger charge is 1.97. The van der Waals surface area contributed by atoms with E-state index in [1.807, 2.05) is 0 Å². The fourth-order valence-electron chi connectivity index (χ4n) is 1.08.